The molecule has 2 aromatic carbocycles. The first-order chi connectivity index (χ1) is 9.58. The summed E-state index contributed by atoms with van der Waals surface area (Å²) in [7, 11) is 1.82. The summed E-state index contributed by atoms with van der Waals surface area (Å²) < 4.78 is 26.8. The molecule has 102 valence electrons. The maximum absolute atomic E-state index is 13.7. The number of nitrogens with zero attached hydrogens (tertiary/aromatic N) is 2. The number of nitriles is 1. The van der Waals surface area contributed by atoms with Crippen LogP contribution >= 0.6 is 0 Å². The summed E-state index contributed by atoms with van der Waals surface area (Å²) in [6.45, 7) is 0.867. The van der Waals surface area contributed by atoms with Gasteiger partial charge in [0.2, 0.25) is 0 Å². The van der Waals surface area contributed by atoms with Crippen LogP contribution in [0.4, 0.5) is 8.78 Å². The zero-order valence-electron chi connectivity index (χ0n) is 11.1. The van der Waals surface area contributed by atoms with Gasteiger partial charge in [-0.05, 0) is 42.9 Å². The van der Waals surface area contributed by atoms with Gasteiger partial charge in [-0.2, -0.15) is 5.26 Å². The number of hydrogen-bond donors (Lipinski definition) is 0. The summed E-state index contributed by atoms with van der Waals surface area (Å²) in [5.74, 6) is -0.622. The van der Waals surface area contributed by atoms with Gasteiger partial charge < -0.3 is 0 Å². The summed E-state index contributed by atoms with van der Waals surface area (Å²) >= 11 is 0. The highest BCUT2D eigenvalue weighted by atomic mass is 19.1. The Morgan fingerprint density at radius 3 is 2.60 bits per heavy atom. The molecule has 0 amide bonds. The molecule has 0 aliphatic heterocycles. The van der Waals surface area contributed by atoms with Crippen molar-refractivity contribution in [3.63, 3.8) is 0 Å². The molecule has 0 saturated heterocycles. The molecule has 0 aliphatic carbocycles. The van der Waals surface area contributed by atoms with E-state index in [1.165, 1.54) is 30.3 Å². The maximum Gasteiger partial charge on any atom is 0.127 e. The van der Waals surface area contributed by atoms with Crippen LogP contribution in [0.25, 0.3) is 0 Å². The molecule has 0 bridgehead atoms. The van der Waals surface area contributed by atoms with Crippen LogP contribution in [-0.2, 0) is 13.1 Å². The van der Waals surface area contributed by atoms with E-state index in [-0.39, 0.29) is 11.6 Å². The van der Waals surface area contributed by atoms with Crippen LogP contribution in [0.2, 0.25) is 0 Å². The Labute approximate surface area is 116 Å². The van der Waals surface area contributed by atoms with Gasteiger partial charge in [-0.3, -0.25) is 4.90 Å². The Morgan fingerprint density at radius 2 is 1.90 bits per heavy atom. The second kappa shape index (κ2) is 6.27. The molecule has 0 N–H and O–H groups in total. The molecule has 0 heterocycles. The second-order valence-electron chi connectivity index (χ2n) is 4.72. The van der Waals surface area contributed by atoms with Gasteiger partial charge >= 0.3 is 0 Å². The average Bonchev–Trinajstić information content (AvgIpc) is 2.41. The van der Waals surface area contributed by atoms with E-state index in [0.29, 0.717) is 24.2 Å². The lowest BCUT2D eigenvalue weighted by molar-refractivity contribution is 0.313. The molecule has 2 aromatic rings. The van der Waals surface area contributed by atoms with Crippen molar-refractivity contribution in [1.82, 2.24) is 4.90 Å². The number of rotatable bonds is 4. The fraction of sp³-hybridized carbons (Fsp3) is 0.188. The highest BCUT2D eigenvalue weighted by molar-refractivity contribution is 5.33. The molecule has 2 rings (SSSR count). The van der Waals surface area contributed by atoms with Crippen molar-refractivity contribution < 1.29 is 8.78 Å². The molecule has 0 radical (unpaired) electrons. The van der Waals surface area contributed by atoms with E-state index in [1.54, 1.807) is 6.07 Å². The van der Waals surface area contributed by atoms with E-state index in [0.717, 1.165) is 5.56 Å². The number of halogens is 2. The van der Waals surface area contributed by atoms with Crippen molar-refractivity contribution in [2.75, 3.05) is 7.05 Å². The van der Waals surface area contributed by atoms with Gasteiger partial charge in [0.05, 0.1) is 11.6 Å². The van der Waals surface area contributed by atoms with Crippen LogP contribution in [-0.4, -0.2) is 11.9 Å². The number of benzene rings is 2. The van der Waals surface area contributed by atoms with Gasteiger partial charge in [0, 0.05) is 18.7 Å². The lowest BCUT2D eigenvalue weighted by atomic mass is 10.1. The molecular weight excluding hydrogens is 258 g/mol. The van der Waals surface area contributed by atoms with Crippen LogP contribution in [0.15, 0.2) is 42.5 Å². The molecular formula is C16H14F2N2. The van der Waals surface area contributed by atoms with E-state index in [2.05, 4.69) is 0 Å². The van der Waals surface area contributed by atoms with Crippen molar-refractivity contribution in [2.24, 2.45) is 0 Å². The SMILES string of the molecule is CN(Cc1cccc(F)c1)Cc1cc(C#N)ccc1F. The van der Waals surface area contributed by atoms with Crippen LogP contribution in [0, 0.1) is 23.0 Å². The first-order valence-electron chi connectivity index (χ1n) is 6.20. The van der Waals surface area contributed by atoms with Crippen molar-refractivity contribution in [1.29, 1.82) is 5.26 Å². The zero-order chi connectivity index (χ0) is 14.5. The van der Waals surface area contributed by atoms with Gasteiger partial charge in [0.15, 0.2) is 0 Å². The Balaban J connectivity index is 2.08. The van der Waals surface area contributed by atoms with Crippen LogP contribution in [0.1, 0.15) is 16.7 Å². The Bertz CT molecular complexity index is 647. The van der Waals surface area contributed by atoms with Crippen molar-refractivity contribution >= 4 is 0 Å². The lowest BCUT2D eigenvalue weighted by Gasteiger charge is -2.17. The monoisotopic (exact) mass is 272 g/mol. The van der Waals surface area contributed by atoms with Crippen molar-refractivity contribution in [3.05, 3.63) is 70.8 Å². The Hall–Kier alpha value is -2.25. The summed E-state index contributed by atoms with van der Waals surface area (Å²) in [5.41, 5.74) is 1.72. The highest BCUT2D eigenvalue weighted by Gasteiger charge is 2.08. The smallest absolute Gasteiger partial charge is 0.127 e. The molecule has 4 heteroatoms. The molecule has 20 heavy (non-hydrogen) atoms. The third-order valence-corrected chi connectivity index (χ3v) is 2.96. The standard InChI is InChI=1S/C16H14F2N2/c1-20(10-13-3-2-4-15(17)8-13)11-14-7-12(9-19)5-6-16(14)18/h2-8H,10-11H2,1H3. The van der Waals surface area contributed by atoms with Crippen molar-refractivity contribution in [2.45, 2.75) is 13.1 Å². The van der Waals surface area contributed by atoms with Gasteiger partial charge in [0.25, 0.3) is 0 Å². The number of hydrogen-bond acceptors (Lipinski definition) is 2. The predicted octanol–water partition coefficient (Wildman–Crippen LogP) is 3.47. The maximum atomic E-state index is 13.7. The van der Waals surface area contributed by atoms with E-state index in [9.17, 15) is 8.78 Å². The van der Waals surface area contributed by atoms with E-state index in [1.807, 2.05) is 24.1 Å². The molecule has 0 spiro atoms. The fourth-order valence-electron chi connectivity index (χ4n) is 2.06. The van der Waals surface area contributed by atoms with Gasteiger partial charge in [-0.1, -0.05) is 12.1 Å². The van der Waals surface area contributed by atoms with Crippen molar-refractivity contribution in [3.8, 4) is 6.07 Å². The highest BCUT2D eigenvalue weighted by Crippen LogP contribution is 2.14. The lowest BCUT2D eigenvalue weighted by Crippen LogP contribution is -2.18. The molecule has 2 nitrogen and oxygen atoms in total. The van der Waals surface area contributed by atoms with Gasteiger partial charge in [-0.15, -0.1) is 0 Å². The minimum atomic E-state index is -0.338. The molecule has 0 aliphatic rings. The van der Waals surface area contributed by atoms with E-state index < -0.39 is 0 Å². The largest absolute Gasteiger partial charge is 0.298 e. The van der Waals surface area contributed by atoms with Gasteiger partial charge in [-0.25, -0.2) is 8.78 Å². The van der Waals surface area contributed by atoms with Gasteiger partial charge in [0.1, 0.15) is 11.6 Å². The zero-order valence-corrected chi connectivity index (χ0v) is 11.1. The predicted molar refractivity (Wildman–Crippen MR) is 72.7 cm³/mol. The summed E-state index contributed by atoms with van der Waals surface area (Å²) in [6, 6.07) is 12.6. The molecule has 0 atom stereocenters. The quantitative estimate of drug-likeness (QED) is 0.852. The molecule has 0 fully saturated rings. The Kier molecular flexibility index (Phi) is 4.44. The fourth-order valence-corrected chi connectivity index (χ4v) is 2.06. The third-order valence-electron chi connectivity index (χ3n) is 2.96. The van der Waals surface area contributed by atoms with E-state index >= 15 is 0 Å². The minimum absolute atomic E-state index is 0.284. The Morgan fingerprint density at radius 1 is 1.10 bits per heavy atom. The molecule has 0 aromatic heterocycles. The first kappa shape index (κ1) is 14.2. The molecule has 0 saturated carbocycles. The van der Waals surface area contributed by atoms with E-state index in [4.69, 9.17) is 5.26 Å². The topological polar surface area (TPSA) is 27.0 Å². The minimum Gasteiger partial charge on any atom is -0.298 e. The van der Waals surface area contributed by atoms with Crippen LogP contribution < -0.4 is 0 Å². The second-order valence-corrected chi connectivity index (χ2v) is 4.72. The van der Waals surface area contributed by atoms with Crippen LogP contribution in [0.5, 0.6) is 0 Å². The first-order valence-corrected chi connectivity index (χ1v) is 6.20. The third kappa shape index (κ3) is 3.62. The average molecular weight is 272 g/mol. The van der Waals surface area contributed by atoms with Crippen LogP contribution in [0.3, 0.4) is 0 Å². The summed E-state index contributed by atoms with van der Waals surface area (Å²) in [5, 5.41) is 8.83. The summed E-state index contributed by atoms with van der Waals surface area (Å²) in [4.78, 5) is 1.87. The molecule has 0 unspecified atom stereocenters. The normalized spacial score (nSPS) is 10.6. The summed E-state index contributed by atoms with van der Waals surface area (Å²) in [6.07, 6.45) is 0.